The first kappa shape index (κ1) is 16.7. The number of nitrogens with zero attached hydrogens (tertiary/aromatic N) is 4. The van der Waals surface area contributed by atoms with E-state index in [9.17, 15) is 8.42 Å². The maximum atomic E-state index is 12.5. The number of aromatic nitrogens is 2. The predicted octanol–water partition coefficient (Wildman–Crippen LogP) is 1.57. The van der Waals surface area contributed by atoms with Crippen LogP contribution >= 0.6 is 0 Å². The van der Waals surface area contributed by atoms with Crippen LogP contribution in [0.3, 0.4) is 0 Å². The van der Waals surface area contributed by atoms with Gasteiger partial charge in [0, 0.05) is 38.1 Å². The molecular weight excluding hydrogens is 326 g/mol. The average Bonchev–Trinajstić information content (AvgIpc) is 2.54. The molecule has 0 spiro atoms. The molecule has 1 saturated heterocycles. The zero-order valence-corrected chi connectivity index (χ0v) is 14.6. The molecule has 1 aliphatic heterocycles. The Morgan fingerprint density at radius 2 is 1.83 bits per heavy atom. The molecular formula is C16H21N5O2S. The van der Waals surface area contributed by atoms with Gasteiger partial charge in [0.05, 0.1) is 0 Å². The van der Waals surface area contributed by atoms with Crippen LogP contribution in [0, 0.1) is 13.8 Å². The van der Waals surface area contributed by atoms with Crippen molar-refractivity contribution in [1.82, 2.24) is 14.3 Å². The Balaban J connectivity index is 1.65. The molecule has 0 radical (unpaired) electrons. The van der Waals surface area contributed by atoms with E-state index in [0.717, 1.165) is 17.1 Å². The standard InChI is InChI=1S/C16H21N5O2S/c1-13-6-7-17-16(12-13)20-8-10-21(11-9-20)24(22,23)19-15-5-3-4-14(2)18-15/h3-7,12H,8-11H2,1-2H3,(H,18,19). The molecule has 2 aromatic rings. The van der Waals surface area contributed by atoms with Crippen LogP contribution in [0.15, 0.2) is 36.5 Å². The first-order valence-electron chi connectivity index (χ1n) is 7.83. The highest BCUT2D eigenvalue weighted by atomic mass is 32.2. The van der Waals surface area contributed by atoms with Crippen LogP contribution in [-0.2, 0) is 10.2 Å². The lowest BCUT2D eigenvalue weighted by Gasteiger charge is -2.34. The normalized spacial score (nSPS) is 16.2. The molecule has 128 valence electrons. The molecule has 0 amide bonds. The van der Waals surface area contributed by atoms with Crippen molar-refractivity contribution < 1.29 is 8.42 Å². The Labute approximate surface area is 142 Å². The maximum absolute atomic E-state index is 12.5. The first-order valence-corrected chi connectivity index (χ1v) is 9.27. The van der Waals surface area contributed by atoms with E-state index in [0.29, 0.717) is 32.0 Å². The molecule has 7 nitrogen and oxygen atoms in total. The van der Waals surface area contributed by atoms with Gasteiger partial charge >= 0.3 is 10.2 Å². The third-order valence-electron chi connectivity index (χ3n) is 3.93. The van der Waals surface area contributed by atoms with Crippen molar-refractivity contribution in [3.8, 4) is 0 Å². The Morgan fingerprint density at radius 1 is 1.08 bits per heavy atom. The summed E-state index contributed by atoms with van der Waals surface area (Å²) in [5.41, 5.74) is 1.91. The summed E-state index contributed by atoms with van der Waals surface area (Å²) in [6.45, 7) is 5.89. The van der Waals surface area contributed by atoms with E-state index in [1.54, 1.807) is 18.3 Å². The fourth-order valence-corrected chi connectivity index (χ4v) is 3.80. The molecule has 2 aromatic heterocycles. The van der Waals surface area contributed by atoms with Gasteiger partial charge in [-0.05, 0) is 43.7 Å². The summed E-state index contributed by atoms with van der Waals surface area (Å²) < 4.78 is 29.0. The summed E-state index contributed by atoms with van der Waals surface area (Å²) in [7, 11) is -3.59. The number of hydrogen-bond donors (Lipinski definition) is 1. The van der Waals surface area contributed by atoms with Gasteiger partial charge in [-0.3, -0.25) is 4.72 Å². The van der Waals surface area contributed by atoms with Gasteiger partial charge in [-0.15, -0.1) is 0 Å². The summed E-state index contributed by atoms with van der Waals surface area (Å²) >= 11 is 0. The fraction of sp³-hybridized carbons (Fsp3) is 0.375. The van der Waals surface area contributed by atoms with Gasteiger partial charge in [0.15, 0.2) is 0 Å². The van der Waals surface area contributed by atoms with Gasteiger partial charge in [-0.2, -0.15) is 12.7 Å². The van der Waals surface area contributed by atoms with Crippen molar-refractivity contribution in [1.29, 1.82) is 0 Å². The Kier molecular flexibility index (Phi) is 4.68. The monoisotopic (exact) mass is 347 g/mol. The number of piperazine rings is 1. The number of aryl methyl sites for hydroxylation is 2. The Bertz CT molecular complexity index is 817. The predicted molar refractivity (Wildman–Crippen MR) is 94.3 cm³/mol. The van der Waals surface area contributed by atoms with Crippen molar-refractivity contribution in [2.24, 2.45) is 0 Å². The lowest BCUT2D eigenvalue weighted by atomic mass is 10.2. The molecule has 8 heteroatoms. The number of rotatable bonds is 4. The van der Waals surface area contributed by atoms with Gasteiger partial charge in [0.25, 0.3) is 0 Å². The highest BCUT2D eigenvalue weighted by Crippen LogP contribution is 2.17. The molecule has 3 rings (SSSR count). The zero-order valence-electron chi connectivity index (χ0n) is 13.8. The summed E-state index contributed by atoms with van der Waals surface area (Å²) in [4.78, 5) is 10.6. The van der Waals surface area contributed by atoms with Crippen LogP contribution in [-0.4, -0.2) is 48.9 Å². The van der Waals surface area contributed by atoms with Gasteiger partial charge in [-0.1, -0.05) is 6.07 Å². The average molecular weight is 347 g/mol. The summed E-state index contributed by atoms with van der Waals surface area (Å²) in [5.74, 6) is 1.23. The molecule has 0 aliphatic carbocycles. The topological polar surface area (TPSA) is 78.4 Å². The molecule has 24 heavy (non-hydrogen) atoms. The van der Waals surface area contributed by atoms with E-state index in [1.807, 2.05) is 32.0 Å². The maximum Gasteiger partial charge on any atom is 0.302 e. The van der Waals surface area contributed by atoms with Crippen LogP contribution in [0.25, 0.3) is 0 Å². The number of nitrogens with one attached hydrogen (secondary N) is 1. The van der Waals surface area contributed by atoms with Crippen molar-refractivity contribution in [2.75, 3.05) is 35.8 Å². The lowest BCUT2D eigenvalue weighted by molar-refractivity contribution is 0.386. The van der Waals surface area contributed by atoms with E-state index in [1.165, 1.54) is 4.31 Å². The minimum absolute atomic E-state index is 0.345. The molecule has 3 heterocycles. The second-order valence-corrected chi connectivity index (χ2v) is 7.52. The highest BCUT2D eigenvalue weighted by molar-refractivity contribution is 7.90. The molecule has 1 N–H and O–H groups in total. The minimum Gasteiger partial charge on any atom is -0.354 e. The van der Waals surface area contributed by atoms with E-state index in [4.69, 9.17) is 0 Å². The third kappa shape index (κ3) is 3.82. The van der Waals surface area contributed by atoms with Crippen LogP contribution in [0.2, 0.25) is 0 Å². The second-order valence-electron chi connectivity index (χ2n) is 5.85. The van der Waals surface area contributed by atoms with Crippen LogP contribution in [0.5, 0.6) is 0 Å². The SMILES string of the molecule is Cc1ccnc(N2CCN(S(=O)(=O)Nc3cccc(C)n3)CC2)c1. The van der Waals surface area contributed by atoms with Gasteiger partial charge in [0.1, 0.15) is 11.6 Å². The van der Waals surface area contributed by atoms with E-state index in [-0.39, 0.29) is 0 Å². The van der Waals surface area contributed by atoms with E-state index < -0.39 is 10.2 Å². The molecule has 0 bridgehead atoms. The quantitative estimate of drug-likeness (QED) is 0.908. The highest BCUT2D eigenvalue weighted by Gasteiger charge is 2.27. The van der Waals surface area contributed by atoms with E-state index >= 15 is 0 Å². The van der Waals surface area contributed by atoms with E-state index in [2.05, 4.69) is 19.6 Å². The smallest absolute Gasteiger partial charge is 0.302 e. The number of pyridine rings is 2. The van der Waals surface area contributed by atoms with Crippen molar-refractivity contribution in [3.63, 3.8) is 0 Å². The third-order valence-corrected chi connectivity index (χ3v) is 5.44. The molecule has 0 aromatic carbocycles. The van der Waals surface area contributed by atoms with Crippen LogP contribution in [0.1, 0.15) is 11.3 Å². The van der Waals surface area contributed by atoms with Crippen LogP contribution in [0.4, 0.5) is 11.6 Å². The van der Waals surface area contributed by atoms with Crippen molar-refractivity contribution in [2.45, 2.75) is 13.8 Å². The summed E-state index contributed by atoms with van der Waals surface area (Å²) in [6, 6.07) is 9.21. The summed E-state index contributed by atoms with van der Waals surface area (Å²) in [6.07, 6.45) is 1.78. The van der Waals surface area contributed by atoms with Crippen LogP contribution < -0.4 is 9.62 Å². The second kappa shape index (κ2) is 6.74. The van der Waals surface area contributed by atoms with Crippen molar-refractivity contribution >= 4 is 21.8 Å². The molecule has 1 fully saturated rings. The molecule has 0 saturated carbocycles. The van der Waals surface area contributed by atoms with Gasteiger partial charge in [0.2, 0.25) is 0 Å². The molecule has 0 unspecified atom stereocenters. The molecule has 0 atom stereocenters. The number of anilines is 2. The largest absolute Gasteiger partial charge is 0.354 e. The summed E-state index contributed by atoms with van der Waals surface area (Å²) in [5, 5.41) is 0. The van der Waals surface area contributed by atoms with Gasteiger partial charge < -0.3 is 4.90 Å². The Hall–Kier alpha value is -2.19. The Morgan fingerprint density at radius 3 is 2.50 bits per heavy atom. The zero-order chi connectivity index (χ0) is 17.2. The molecule has 1 aliphatic rings. The van der Waals surface area contributed by atoms with Crippen molar-refractivity contribution in [3.05, 3.63) is 47.8 Å². The number of hydrogen-bond acceptors (Lipinski definition) is 5. The lowest BCUT2D eigenvalue weighted by Crippen LogP contribution is -2.50. The fourth-order valence-electron chi connectivity index (χ4n) is 2.65. The first-order chi connectivity index (χ1) is 11.4. The van der Waals surface area contributed by atoms with Gasteiger partial charge in [-0.25, -0.2) is 9.97 Å². The minimum atomic E-state index is -3.59.